The Morgan fingerprint density at radius 1 is 1.00 bits per heavy atom. The van der Waals surface area contributed by atoms with Crippen LogP contribution in [0.25, 0.3) is 28.2 Å². The SMILES string of the molecule is Cc1nnc2cnc(-c3nc4cnccc4n3Cc3ccccc3)cn12. The molecule has 0 amide bonds. The van der Waals surface area contributed by atoms with Crippen molar-refractivity contribution in [2.45, 2.75) is 13.5 Å². The largest absolute Gasteiger partial charge is 0.318 e. The molecule has 0 saturated carbocycles. The molecule has 0 unspecified atom stereocenters. The summed E-state index contributed by atoms with van der Waals surface area (Å²) >= 11 is 0. The van der Waals surface area contributed by atoms with Crippen LogP contribution in [-0.4, -0.2) is 34.1 Å². The lowest BCUT2D eigenvalue weighted by Gasteiger charge is -2.09. The monoisotopic (exact) mass is 341 g/mol. The van der Waals surface area contributed by atoms with Crippen LogP contribution in [0.15, 0.2) is 61.2 Å². The van der Waals surface area contributed by atoms with Crippen molar-refractivity contribution in [1.82, 2.24) is 34.1 Å². The Morgan fingerprint density at radius 2 is 1.88 bits per heavy atom. The van der Waals surface area contributed by atoms with Crippen LogP contribution in [0.2, 0.25) is 0 Å². The second-order valence-electron chi connectivity index (χ2n) is 6.12. The van der Waals surface area contributed by atoms with E-state index in [1.165, 1.54) is 5.56 Å². The van der Waals surface area contributed by atoms with Gasteiger partial charge in [-0.3, -0.25) is 9.38 Å². The van der Waals surface area contributed by atoms with E-state index in [1.807, 2.05) is 41.8 Å². The lowest BCUT2D eigenvalue weighted by atomic mass is 10.2. The molecule has 7 nitrogen and oxygen atoms in total. The molecule has 0 fully saturated rings. The minimum Gasteiger partial charge on any atom is -0.318 e. The zero-order chi connectivity index (χ0) is 17.5. The van der Waals surface area contributed by atoms with Crippen molar-refractivity contribution in [3.63, 3.8) is 0 Å². The smallest absolute Gasteiger partial charge is 0.179 e. The fraction of sp³-hybridized carbons (Fsp3) is 0.105. The van der Waals surface area contributed by atoms with Gasteiger partial charge in [0, 0.05) is 18.9 Å². The van der Waals surface area contributed by atoms with Gasteiger partial charge in [-0.2, -0.15) is 0 Å². The lowest BCUT2D eigenvalue weighted by molar-refractivity contribution is 0.828. The lowest BCUT2D eigenvalue weighted by Crippen LogP contribution is -2.04. The summed E-state index contributed by atoms with van der Waals surface area (Å²) in [6, 6.07) is 12.3. The molecule has 7 heteroatoms. The van der Waals surface area contributed by atoms with E-state index >= 15 is 0 Å². The van der Waals surface area contributed by atoms with Crippen LogP contribution in [-0.2, 0) is 6.54 Å². The Kier molecular flexibility index (Phi) is 3.24. The van der Waals surface area contributed by atoms with Gasteiger partial charge >= 0.3 is 0 Å². The molecule has 0 bridgehead atoms. The first kappa shape index (κ1) is 14.7. The molecule has 5 aromatic rings. The first-order valence-electron chi connectivity index (χ1n) is 8.31. The number of hydrogen-bond donors (Lipinski definition) is 0. The summed E-state index contributed by atoms with van der Waals surface area (Å²) in [6.45, 7) is 2.62. The van der Waals surface area contributed by atoms with Gasteiger partial charge in [0.1, 0.15) is 17.0 Å². The molecule has 0 aliphatic heterocycles. The minimum atomic E-state index is 0.706. The fourth-order valence-corrected chi connectivity index (χ4v) is 3.13. The van der Waals surface area contributed by atoms with Gasteiger partial charge in [-0.05, 0) is 18.6 Å². The van der Waals surface area contributed by atoms with E-state index in [4.69, 9.17) is 4.98 Å². The molecule has 0 saturated heterocycles. The molecule has 126 valence electrons. The van der Waals surface area contributed by atoms with Crippen LogP contribution in [0.5, 0.6) is 0 Å². The molecule has 0 aliphatic rings. The van der Waals surface area contributed by atoms with Crippen molar-refractivity contribution in [3.05, 3.63) is 72.6 Å². The number of nitrogens with zero attached hydrogens (tertiary/aromatic N) is 7. The van der Waals surface area contributed by atoms with Crippen molar-refractivity contribution in [2.75, 3.05) is 0 Å². The van der Waals surface area contributed by atoms with Crippen molar-refractivity contribution in [1.29, 1.82) is 0 Å². The van der Waals surface area contributed by atoms with Crippen LogP contribution in [0.4, 0.5) is 0 Å². The summed E-state index contributed by atoms with van der Waals surface area (Å²) in [5.74, 6) is 1.61. The predicted molar refractivity (Wildman–Crippen MR) is 97.6 cm³/mol. The summed E-state index contributed by atoms with van der Waals surface area (Å²) in [5.41, 5.74) is 4.57. The van der Waals surface area contributed by atoms with E-state index in [2.05, 4.69) is 36.9 Å². The van der Waals surface area contributed by atoms with Gasteiger partial charge in [-0.15, -0.1) is 10.2 Å². The fourth-order valence-electron chi connectivity index (χ4n) is 3.13. The van der Waals surface area contributed by atoms with Gasteiger partial charge in [0.2, 0.25) is 0 Å². The molecular formula is C19H15N7. The van der Waals surface area contributed by atoms with Gasteiger partial charge in [0.15, 0.2) is 11.5 Å². The minimum absolute atomic E-state index is 0.706. The molecule has 4 aromatic heterocycles. The van der Waals surface area contributed by atoms with Crippen LogP contribution >= 0.6 is 0 Å². The highest BCUT2D eigenvalue weighted by Gasteiger charge is 2.15. The first-order chi connectivity index (χ1) is 12.8. The van der Waals surface area contributed by atoms with Crippen LogP contribution in [0.3, 0.4) is 0 Å². The Bertz CT molecular complexity index is 1220. The molecular weight excluding hydrogens is 326 g/mol. The number of fused-ring (bicyclic) bond motifs is 2. The Hall–Kier alpha value is -3.61. The van der Waals surface area contributed by atoms with Gasteiger partial charge in [0.25, 0.3) is 0 Å². The van der Waals surface area contributed by atoms with Gasteiger partial charge in [-0.1, -0.05) is 30.3 Å². The summed E-state index contributed by atoms with van der Waals surface area (Å²) in [6.07, 6.45) is 7.22. The van der Waals surface area contributed by atoms with Crippen molar-refractivity contribution in [2.24, 2.45) is 0 Å². The van der Waals surface area contributed by atoms with Crippen molar-refractivity contribution >= 4 is 16.7 Å². The van der Waals surface area contributed by atoms with Crippen molar-refractivity contribution < 1.29 is 0 Å². The summed E-state index contributed by atoms with van der Waals surface area (Å²) < 4.78 is 4.09. The highest BCUT2D eigenvalue weighted by molar-refractivity contribution is 5.79. The molecule has 5 rings (SSSR count). The first-order valence-corrected chi connectivity index (χ1v) is 8.31. The Morgan fingerprint density at radius 3 is 2.77 bits per heavy atom. The quantitative estimate of drug-likeness (QED) is 0.504. The molecule has 0 spiro atoms. The topological polar surface area (TPSA) is 73.8 Å². The average molecular weight is 341 g/mol. The standard InChI is InChI=1S/C19H15N7/c1-13-23-24-18-10-21-16(12-25(13)18)19-22-15-9-20-8-7-17(15)26(19)11-14-5-3-2-4-6-14/h2-10,12H,11H2,1H3. The van der Waals surface area contributed by atoms with Crippen LogP contribution < -0.4 is 0 Å². The number of rotatable bonds is 3. The van der Waals surface area contributed by atoms with E-state index in [-0.39, 0.29) is 0 Å². The van der Waals surface area contributed by atoms with E-state index in [1.54, 1.807) is 18.6 Å². The van der Waals surface area contributed by atoms with Crippen LogP contribution in [0, 0.1) is 6.92 Å². The molecule has 0 N–H and O–H groups in total. The van der Waals surface area contributed by atoms with E-state index in [0.29, 0.717) is 6.54 Å². The number of pyridine rings is 1. The van der Waals surface area contributed by atoms with E-state index < -0.39 is 0 Å². The maximum Gasteiger partial charge on any atom is 0.179 e. The summed E-state index contributed by atoms with van der Waals surface area (Å²) in [7, 11) is 0. The Labute approximate surface area is 149 Å². The second-order valence-corrected chi connectivity index (χ2v) is 6.12. The molecule has 0 radical (unpaired) electrons. The third-order valence-corrected chi connectivity index (χ3v) is 4.43. The molecule has 26 heavy (non-hydrogen) atoms. The predicted octanol–water partition coefficient (Wildman–Crippen LogP) is 2.89. The molecule has 0 aliphatic carbocycles. The number of imidazole rings is 1. The van der Waals surface area contributed by atoms with Gasteiger partial charge < -0.3 is 4.57 Å². The van der Waals surface area contributed by atoms with E-state index in [0.717, 1.165) is 34.0 Å². The molecule has 0 atom stereocenters. The average Bonchev–Trinajstić information content (AvgIpc) is 3.24. The third-order valence-electron chi connectivity index (χ3n) is 4.43. The highest BCUT2D eigenvalue weighted by Crippen LogP contribution is 2.24. The zero-order valence-electron chi connectivity index (χ0n) is 14.1. The second kappa shape index (κ2) is 5.73. The third kappa shape index (κ3) is 2.33. The summed E-state index contributed by atoms with van der Waals surface area (Å²) in [4.78, 5) is 13.5. The van der Waals surface area contributed by atoms with E-state index in [9.17, 15) is 0 Å². The highest BCUT2D eigenvalue weighted by atomic mass is 15.2. The van der Waals surface area contributed by atoms with Gasteiger partial charge in [-0.25, -0.2) is 9.97 Å². The maximum absolute atomic E-state index is 4.78. The number of benzene rings is 1. The Balaban J connectivity index is 1.73. The van der Waals surface area contributed by atoms with Crippen LogP contribution in [0.1, 0.15) is 11.4 Å². The maximum atomic E-state index is 4.78. The van der Waals surface area contributed by atoms with Gasteiger partial charge in [0.05, 0.1) is 17.9 Å². The number of aryl methyl sites for hydroxylation is 1. The van der Waals surface area contributed by atoms with Crippen molar-refractivity contribution in [3.8, 4) is 11.5 Å². The summed E-state index contributed by atoms with van der Waals surface area (Å²) in [5, 5.41) is 8.20. The normalized spacial score (nSPS) is 11.4. The molecule has 1 aromatic carbocycles. The zero-order valence-corrected chi connectivity index (χ0v) is 14.1. The number of hydrogen-bond acceptors (Lipinski definition) is 5. The molecule has 4 heterocycles. The number of aromatic nitrogens is 7.